The number of halogens is 24. The molecule has 0 radical (unpaired) electrons. The van der Waals surface area contributed by atoms with Crippen molar-refractivity contribution in [3.8, 4) is 0 Å². The summed E-state index contributed by atoms with van der Waals surface area (Å²) in [5.74, 6) is 0.765. The molecule has 7 aromatic rings. The third kappa shape index (κ3) is 23.3. The maximum absolute atomic E-state index is 14.2. The summed E-state index contributed by atoms with van der Waals surface area (Å²) in [5, 5.41) is 0. The Bertz CT molecular complexity index is 3630. The SMILES string of the molecule is C1=CCC/C=C\CC1.C[C@H]1OC(c2ccccc2)=N[C@H]1C(Cc1ccccc1)(Cc1ccccc1)O[PH+](C1CCCCC1)C1CCCCC1.FC(F)(F)c1cc([B-](c2cc(C(F)(F)F)cc(C(F)(F)F)c2)(c2cc(C(F)(F)F)cc(C(F)(F)F)c2)c2cc(C(F)(F)F)cc(C(F)(F)F)c2)cc(C(F)(F)F)c1.[CH3-].[CH3-].[Ir+3]. The number of ether oxygens (including phenoxy) is 1. The summed E-state index contributed by atoms with van der Waals surface area (Å²) < 4.78 is 355. The summed E-state index contributed by atoms with van der Waals surface area (Å²) in [6.45, 7) is 2.21. The number of nitrogens with zero attached hydrogens (tertiary/aromatic N) is 1. The van der Waals surface area contributed by atoms with Crippen molar-refractivity contribution in [2.75, 3.05) is 0 Å². The molecule has 1 aliphatic heterocycles. The van der Waals surface area contributed by atoms with Crippen LogP contribution in [0.25, 0.3) is 0 Å². The molecule has 0 spiro atoms. The van der Waals surface area contributed by atoms with Crippen LogP contribution in [0.15, 0.2) is 193 Å². The van der Waals surface area contributed by atoms with Crippen LogP contribution in [-0.2, 0) is 91.6 Å². The largest absolute Gasteiger partial charge is 3.00 e. The fourth-order valence-electron chi connectivity index (χ4n) is 14.5. The third-order valence-electron chi connectivity index (χ3n) is 19.4. The monoisotopic (exact) mass is 1760 g/mol. The number of alkyl halides is 24. The Labute approximate surface area is 631 Å². The van der Waals surface area contributed by atoms with Gasteiger partial charge >= 0.3 is 69.5 Å². The normalized spacial score (nSPS) is 17.7. The number of allylic oxidation sites excluding steroid dienone is 4. The molecule has 0 bridgehead atoms. The molecule has 1 heterocycles. The minimum atomic E-state index is -6.13. The predicted octanol–water partition coefficient (Wildman–Crippen LogP) is 24.0. The van der Waals surface area contributed by atoms with Crippen molar-refractivity contribution in [3.63, 3.8) is 0 Å². The second-order valence-corrected chi connectivity index (χ2v) is 29.6. The Hall–Kier alpha value is -7.09. The molecule has 109 heavy (non-hydrogen) atoms. The van der Waals surface area contributed by atoms with E-state index in [1.807, 2.05) is 0 Å². The van der Waals surface area contributed by atoms with Gasteiger partial charge in [0.2, 0.25) is 5.90 Å². The number of benzene rings is 7. The van der Waals surface area contributed by atoms with Crippen molar-refractivity contribution in [2.45, 2.75) is 188 Å². The quantitative estimate of drug-likeness (QED) is 0.0357. The van der Waals surface area contributed by atoms with Crippen LogP contribution in [0.4, 0.5) is 105 Å². The van der Waals surface area contributed by atoms with Crippen LogP contribution in [0, 0.1) is 14.9 Å². The molecule has 3 aliphatic carbocycles. The zero-order chi connectivity index (χ0) is 77.5. The van der Waals surface area contributed by atoms with E-state index in [0.717, 1.165) is 35.6 Å². The fourth-order valence-corrected chi connectivity index (χ4v) is 18.2. The van der Waals surface area contributed by atoms with Gasteiger partial charge in [-0.15, -0.1) is 0 Å². The second kappa shape index (κ2) is 36.6. The van der Waals surface area contributed by atoms with Gasteiger partial charge in [0, 0.05) is 18.4 Å². The van der Waals surface area contributed by atoms with Crippen LogP contribution >= 0.6 is 8.15 Å². The van der Waals surface area contributed by atoms with Crippen molar-refractivity contribution < 1.29 is 135 Å². The number of hydrogen-bond donors (Lipinski definition) is 0. The summed E-state index contributed by atoms with van der Waals surface area (Å²) >= 11 is 0. The number of rotatable bonds is 14. The molecule has 30 heteroatoms. The van der Waals surface area contributed by atoms with Crippen molar-refractivity contribution in [1.29, 1.82) is 0 Å². The van der Waals surface area contributed by atoms with Crippen LogP contribution in [0.5, 0.6) is 0 Å². The first kappa shape index (κ1) is 90.8. The van der Waals surface area contributed by atoms with Crippen LogP contribution in [-0.4, -0.2) is 41.1 Å². The van der Waals surface area contributed by atoms with Crippen LogP contribution in [0.1, 0.15) is 158 Å². The van der Waals surface area contributed by atoms with E-state index in [4.69, 9.17) is 14.3 Å². The number of aliphatic imine (C=N–C) groups is 1. The minimum Gasteiger partial charge on any atom is -0.472 e. The molecule has 0 unspecified atom stereocenters. The molecule has 4 aliphatic rings. The number of hydrogen-bond acceptors (Lipinski definition) is 3. The molecule has 594 valence electrons. The van der Waals surface area contributed by atoms with Gasteiger partial charge in [-0.05, 0) is 131 Å². The summed E-state index contributed by atoms with van der Waals surface area (Å²) in [7, 11) is -1.11. The van der Waals surface area contributed by atoms with Crippen LogP contribution < -0.4 is 21.9 Å². The van der Waals surface area contributed by atoms with Gasteiger partial charge in [-0.25, -0.2) is 9.52 Å². The predicted molar refractivity (Wildman–Crippen MR) is 373 cm³/mol. The molecule has 2 saturated carbocycles. The van der Waals surface area contributed by atoms with E-state index in [0.29, 0.717) is 0 Å². The van der Waals surface area contributed by atoms with E-state index in [2.05, 4.69) is 122 Å². The second-order valence-electron chi connectivity index (χ2n) is 27.0. The molecule has 0 saturated heterocycles. The Morgan fingerprint density at radius 2 is 0.615 bits per heavy atom. The van der Waals surface area contributed by atoms with E-state index in [1.165, 1.54) is 101 Å². The van der Waals surface area contributed by atoms with E-state index < -0.39 is 208 Å². The average Bonchev–Trinajstić information content (AvgIpc) is 1.18. The molecule has 0 aromatic heterocycles. The van der Waals surface area contributed by atoms with E-state index in [9.17, 15) is 105 Å². The zero-order valence-corrected chi connectivity index (χ0v) is 62.2. The maximum atomic E-state index is 14.2. The standard InChI is InChI=1S/C37H46NO2P.C32H12BF24.C8H12.2CH3.Ir/c1-29-35(38-36(39-29)32-21-11-4-12-22-32)37(27-30-17-7-2-8-18-30,28-31-19-9-3-10-20-31)40-41(33-23-13-5-14-24-33)34-25-15-6-16-26-34;34-25(35,36)13-1-14(26(37,38)39)6-21(5-13)33(22-7-15(27(40,41)42)2-16(8-22)28(43,44)45,23-9-17(29(46,47)48)3-18(10-23)30(49,50)51)24-11-19(31(52,53)54)4-20(12-24)32(55,56)57;1-2-4-6-8-7-5-3-1;;;/h2-4,7-12,17-22,29,33-35H,5-6,13-16,23-28H2,1H3;1-12H;1-2,7-8H,3-6H2;2*1H3;/q;-1;;2*-1;+3/p+1/b;;2-1-,8-7?;;;/t29-,35-;;;;;/m1...../s1. The Kier molecular flexibility index (Phi) is 30.5. The molecule has 0 amide bonds. The first-order chi connectivity index (χ1) is 49.5. The fraction of sp³-hybridized carbons (Fsp3) is 0.380. The maximum Gasteiger partial charge on any atom is 3.00 e. The first-order valence-electron chi connectivity index (χ1n) is 34.1. The van der Waals surface area contributed by atoms with Crippen molar-refractivity contribution in [3.05, 3.63) is 264 Å². The minimum absolute atomic E-state index is 0. The third-order valence-corrected chi connectivity index (χ3v) is 22.8. The van der Waals surface area contributed by atoms with Crippen molar-refractivity contribution in [2.24, 2.45) is 4.99 Å². The van der Waals surface area contributed by atoms with Gasteiger partial charge in [0.25, 0.3) is 0 Å². The summed E-state index contributed by atoms with van der Waals surface area (Å²) in [6, 6.07) is 23.6. The summed E-state index contributed by atoms with van der Waals surface area (Å²) in [5.41, 5.74) is -25.5. The van der Waals surface area contributed by atoms with Gasteiger partial charge in [0.15, 0.2) is 0 Å². The van der Waals surface area contributed by atoms with E-state index in [1.54, 1.807) is 0 Å². The van der Waals surface area contributed by atoms with Gasteiger partial charge in [-0.3, -0.25) is 0 Å². The Morgan fingerprint density at radius 3 is 0.862 bits per heavy atom. The molecule has 2 fully saturated rings. The first-order valence-corrected chi connectivity index (χ1v) is 35.6. The molecule has 2 atom stereocenters. The van der Waals surface area contributed by atoms with Crippen LogP contribution in [0.3, 0.4) is 0 Å². The van der Waals surface area contributed by atoms with E-state index >= 15 is 0 Å². The molecule has 3 nitrogen and oxygen atoms in total. The molecule has 11 rings (SSSR count). The Balaban J connectivity index is 0.000000311. The average molecular weight is 1760 g/mol. The summed E-state index contributed by atoms with van der Waals surface area (Å²) in [4.78, 5) is 5.43. The van der Waals surface area contributed by atoms with Gasteiger partial charge in [0.1, 0.15) is 32.0 Å². The summed E-state index contributed by atoms with van der Waals surface area (Å²) in [6.07, 6.45) is -25.6. The van der Waals surface area contributed by atoms with Gasteiger partial charge in [-0.1, -0.05) is 165 Å². The van der Waals surface area contributed by atoms with Gasteiger partial charge in [0.05, 0.1) is 55.8 Å². The smallest absolute Gasteiger partial charge is 0.472 e. The Morgan fingerprint density at radius 1 is 0.367 bits per heavy atom. The molecular formula is C79H77BF24IrNO2P+. The van der Waals surface area contributed by atoms with Gasteiger partial charge < -0.3 is 19.6 Å². The molecule has 7 aromatic carbocycles. The molecule has 0 N–H and O–H groups in total. The van der Waals surface area contributed by atoms with Crippen LogP contribution in [0.2, 0.25) is 0 Å². The van der Waals surface area contributed by atoms with Crippen molar-refractivity contribution >= 4 is 42.0 Å². The van der Waals surface area contributed by atoms with Crippen molar-refractivity contribution in [1.82, 2.24) is 0 Å². The zero-order valence-electron chi connectivity index (χ0n) is 58.8. The van der Waals surface area contributed by atoms with E-state index in [-0.39, 0.29) is 47.1 Å². The molecular weight excluding hydrogens is 1680 g/mol. The van der Waals surface area contributed by atoms with Gasteiger partial charge in [-0.2, -0.15) is 127 Å². The topological polar surface area (TPSA) is 30.8 Å².